The summed E-state index contributed by atoms with van der Waals surface area (Å²) in [4.78, 5) is 6.38. The summed E-state index contributed by atoms with van der Waals surface area (Å²) in [6.07, 6.45) is 3.64. The van der Waals surface area contributed by atoms with E-state index in [0.717, 1.165) is 31.9 Å². The Hall–Kier alpha value is -1.94. The summed E-state index contributed by atoms with van der Waals surface area (Å²) in [6.45, 7) is 5.84. The number of anilines is 1. The van der Waals surface area contributed by atoms with Gasteiger partial charge in [-0.1, -0.05) is 6.92 Å². The van der Waals surface area contributed by atoms with Crippen molar-refractivity contribution in [2.24, 2.45) is 0 Å². The van der Waals surface area contributed by atoms with Gasteiger partial charge in [0.2, 0.25) is 0 Å². The van der Waals surface area contributed by atoms with Gasteiger partial charge < -0.3 is 5.32 Å². The molecule has 0 aliphatic heterocycles. The fraction of sp³-hybridized carbons (Fsp3) is 0.312. The van der Waals surface area contributed by atoms with Crippen molar-refractivity contribution >= 4 is 5.69 Å². The maximum atomic E-state index is 12.8. The van der Waals surface area contributed by atoms with Crippen molar-refractivity contribution in [1.82, 2.24) is 9.88 Å². The fourth-order valence-electron chi connectivity index (χ4n) is 2.02. The van der Waals surface area contributed by atoms with Gasteiger partial charge in [-0.05, 0) is 48.5 Å². The van der Waals surface area contributed by atoms with E-state index < -0.39 is 0 Å². The lowest BCUT2D eigenvalue weighted by atomic mass is 10.2. The first-order chi connectivity index (χ1) is 9.78. The maximum absolute atomic E-state index is 12.8. The van der Waals surface area contributed by atoms with Crippen LogP contribution in [0.15, 0.2) is 48.8 Å². The SMILES string of the molecule is CCN(CCNc1ccc(F)cc1)Cc1ccncc1. The molecule has 4 heteroatoms. The van der Waals surface area contributed by atoms with Crippen LogP contribution in [0.25, 0.3) is 0 Å². The van der Waals surface area contributed by atoms with Gasteiger partial charge in [0.1, 0.15) is 5.82 Å². The molecule has 0 spiro atoms. The molecule has 0 fully saturated rings. The molecule has 2 aromatic rings. The van der Waals surface area contributed by atoms with E-state index in [1.807, 2.05) is 24.5 Å². The number of nitrogens with zero attached hydrogens (tertiary/aromatic N) is 2. The van der Waals surface area contributed by atoms with E-state index in [0.29, 0.717) is 0 Å². The molecule has 3 nitrogen and oxygen atoms in total. The van der Waals surface area contributed by atoms with Gasteiger partial charge >= 0.3 is 0 Å². The van der Waals surface area contributed by atoms with Crippen LogP contribution in [0.2, 0.25) is 0 Å². The minimum absolute atomic E-state index is 0.205. The number of likely N-dealkylation sites (N-methyl/N-ethyl adjacent to an activating group) is 1. The highest BCUT2D eigenvalue weighted by Gasteiger charge is 2.03. The molecule has 1 N–H and O–H groups in total. The van der Waals surface area contributed by atoms with Gasteiger partial charge in [0.05, 0.1) is 0 Å². The zero-order valence-electron chi connectivity index (χ0n) is 11.7. The summed E-state index contributed by atoms with van der Waals surface area (Å²) in [5, 5.41) is 3.30. The van der Waals surface area contributed by atoms with E-state index in [4.69, 9.17) is 0 Å². The fourth-order valence-corrected chi connectivity index (χ4v) is 2.02. The molecule has 0 bridgehead atoms. The second-order valence-electron chi connectivity index (χ2n) is 4.66. The topological polar surface area (TPSA) is 28.2 Å². The summed E-state index contributed by atoms with van der Waals surface area (Å²) in [7, 11) is 0. The quantitative estimate of drug-likeness (QED) is 0.840. The minimum atomic E-state index is -0.205. The van der Waals surface area contributed by atoms with E-state index >= 15 is 0 Å². The lowest BCUT2D eigenvalue weighted by Crippen LogP contribution is -2.28. The molecule has 0 aliphatic rings. The maximum Gasteiger partial charge on any atom is 0.123 e. The zero-order valence-corrected chi connectivity index (χ0v) is 11.7. The number of pyridine rings is 1. The molecular weight excluding hydrogens is 253 g/mol. The largest absolute Gasteiger partial charge is 0.384 e. The monoisotopic (exact) mass is 273 g/mol. The molecule has 0 atom stereocenters. The van der Waals surface area contributed by atoms with Crippen molar-refractivity contribution in [2.75, 3.05) is 25.0 Å². The molecule has 1 aromatic heterocycles. The van der Waals surface area contributed by atoms with Crippen molar-refractivity contribution < 1.29 is 4.39 Å². The molecule has 0 saturated heterocycles. The number of benzene rings is 1. The van der Waals surface area contributed by atoms with Crippen molar-refractivity contribution in [3.63, 3.8) is 0 Å². The highest BCUT2D eigenvalue weighted by molar-refractivity contribution is 5.42. The Balaban J connectivity index is 1.78. The summed E-state index contributed by atoms with van der Waals surface area (Å²) in [6, 6.07) is 10.5. The number of hydrogen-bond donors (Lipinski definition) is 1. The van der Waals surface area contributed by atoms with Crippen LogP contribution in [0, 0.1) is 5.82 Å². The van der Waals surface area contributed by atoms with Gasteiger partial charge in [0.15, 0.2) is 0 Å². The number of hydrogen-bond acceptors (Lipinski definition) is 3. The number of halogens is 1. The molecule has 20 heavy (non-hydrogen) atoms. The third-order valence-electron chi connectivity index (χ3n) is 3.20. The molecule has 0 radical (unpaired) electrons. The Morgan fingerprint density at radius 2 is 1.80 bits per heavy atom. The zero-order chi connectivity index (χ0) is 14.2. The average Bonchev–Trinajstić information content (AvgIpc) is 2.49. The molecule has 1 aromatic carbocycles. The third-order valence-corrected chi connectivity index (χ3v) is 3.20. The predicted octanol–water partition coefficient (Wildman–Crippen LogP) is 3.15. The second kappa shape index (κ2) is 7.60. The normalized spacial score (nSPS) is 10.8. The van der Waals surface area contributed by atoms with Crippen LogP contribution >= 0.6 is 0 Å². The number of aromatic nitrogens is 1. The van der Waals surface area contributed by atoms with Gasteiger partial charge in [0.25, 0.3) is 0 Å². The second-order valence-corrected chi connectivity index (χ2v) is 4.66. The van der Waals surface area contributed by atoms with Gasteiger partial charge in [-0.2, -0.15) is 0 Å². The van der Waals surface area contributed by atoms with Gasteiger partial charge in [-0.15, -0.1) is 0 Å². The molecule has 0 amide bonds. The van der Waals surface area contributed by atoms with E-state index in [2.05, 4.69) is 22.1 Å². The van der Waals surface area contributed by atoms with Crippen molar-refractivity contribution in [1.29, 1.82) is 0 Å². The van der Waals surface area contributed by atoms with Crippen LogP contribution in [-0.4, -0.2) is 29.5 Å². The third kappa shape index (κ3) is 4.63. The summed E-state index contributed by atoms with van der Waals surface area (Å²) >= 11 is 0. The summed E-state index contributed by atoms with van der Waals surface area (Å²) in [5.41, 5.74) is 2.22. The van der Waals surface area contributed by atoms with Gasteiger partial charge in [-0.3, -0.25) is 9.88 Å². The molecule has 0 unspecified atom stereocenters. The highest BCUT2D eigenvalue weighted by Crippen LogP contribution is 2.08. The standard InChI is InChI=1S/C16H20FN3/c1-2-20(13-14-7-9-18-10-8-14)12-11-19-16-5-3-15(17)4-6-16/h3-10,19H,2,11-13H2,1H3. The predicted molar refractivity (Wildman–Crippen MR) is 80.1 cm³/mol. The smallest absolute Gasteiger partial charge is 0.123 e. The van der Waals surface area contributed by atoms with Crippen molar-refractivity contribution in [3.8, 4) is 0 Å². The van der Waals surface area contributed by atoms with Gasteiger partial charge in [0, 0.05) is 37.7 Å². The Morgan fingerprint density at radius 3 is 2.45 bits per heavy atom. The summed E-state index contributed by atoms with van der Waals surface area (Å²) < 4.78 is 12.8. The molecule has 0 saturated carbocycles. The van der Waals surface area contributed by atoms with E-state index in [1.54, 1.807) is 12.1 Å². The number of nitrogens with one attached hydrogen (secondary N) is 1. The van der Waals surface area contributed by atoms with Crippen molar-refractivity contribution in [3.05, 3.63) is 60.2 Å². The first kappa shape index (κ1) is 14.5. The lowest BCUT2D eigenvalue weighted by molar-refractivity contribution is 0.291. The Labute approximate surface area is 119 Å². The highest BCUT2D eigenvalue weighted by atomic mass is 19.1. The van der Waals surface area contributed by atoms with Gasteiger partial charge in [-0.25, -0.2) is 4.39 Å². The molecule has 106 valence electrons. The Kier molecular flexibility index (Phi) is 5.50. The van der Waals surface area contributed by atoms with Crippen LogP contribution in [0.4, 0.5) is 10.1 Å². The summed E-state index contributed by atoms with van der Waals surface area (Å²) in [5.74, 6) is -0.205. The molecule has 2 rings (SSSR count). The van der Waals surface area contributed by atoms with Crippen LogP contribution < -0.4 is 5.32 Å². The molecule has 1 heterocycles. The van der Waals surface area contributed by atoms with Crippen LogP contribution in [0.5, 0.6) is 0 Å². The minimum Gasteiger partial charge on any atom is -0.384 e. The van der Waals surface area contributed by atoms with Crippen LogP contribution in [0.1, 0.15) is 12.5 Å². The van der Waals surface area contributed by atoms with Crippen LogP contribution in [-0.2, 0) is 6.54 Å². The van der Waals surface area contributed by atoms with E-state index in [1.165, 1.54) is 17.7 Å². The van der Waals surface area contributed by atoms with E-state index in [9.17, 15) is 4.39 Å². The van der Waals surface area contributed by atoms with E-state index in [-0.39, 0.29) is 5.82 Å². The van der Waals surface area contributed by atoms with Crippen molar-refractivity contribution in [2.45, 2.75) is 13.5 Å². The lowest BCUT2D eigenvalue weighted by Gasteiger charge is -2.20. The van der Waals surface area contributed by atoms with Crippen LogP contribution in [0.3, 0.4) is 0 Å². The molecule has 0 aliphatic carbocycles. The molecular formula is C16H20FN3. The first-order valence-corrected chi connectivity index (χ1v) is 6.88. The Bertz CT molecular complexity index is 499. The number of rotatable bonds is 7. The average molecular weight is 273 g/mol. The Morgan fingerprint density at radius 1 is 1.10 bits per heavy atom. The first-order valence-electron chi connectivity index (χ1n) is 6.88.